The summed E-state index contributed by atoms with van der Waals surface area (Å²) in [4.78, 5) is 8.75. The maximum absolute atomic E-state index is 13.7. The topological polar surface area (TPSA) is 57.2 Å². The molecule has 0 unspecified atom stereocenters. The Kier molecular flexibility index (Phi) is 4.61. The zero-order valence-corrected chi connectivity index (χ0v) is 12.8. The average Bonchev–Trinajstić information content (AvgIpc) is 2.59. The van der Waals surface area contributed by atoms with Crippen molar-refractivity contribution in [2.75, 3.05) is 42.9 Å². The van der Waals surface area contributed by atoms with Crippen molar-refractivity contribution in [1.29, 1.82) is 0 Å². The third kappa shape index (κ3) is 3.53. The van der Waals surface area contributed by atoms with Gasteiger partial charge in [-0.25, -0.2) is 8.78 Å². The molecule has 1 saturated heterocycles. The fourth-order valence-corrected chi connectivity index (χ4v) is 2.52. The molecule has 0 aliphatic carbocycles. The number of piperazine rings is 1. The van der Waals surface area contributed by atoms with Gasteiger partial charge in [0, 0.05) is 26.2 Å². The van der Waals surface area contributed by atoms with Crippen molar-refractivity contribution in [2.45, 2.75) is 6.92 Å². The van der Waals surface area contributed by atoms with E-state index in [1.807, 2.05) is 0 Å². The van der Waals surface area contributed by atoms with Gasteiger partial charge in [-0.2, -0.15) is 10.1 Å². The van der Waals surface area contributed by atoms with Crippen LogP contribution in [0.1, 0.15) is 6.92 Å². The van der Waals surface area contributed by atoms with Crippen molar-refractivity contribution in [3.8, 4) is 0 Å². The number of benzene rings is 1. The predicted octanol–water partition coefficient (Wildman–Crippen LogP) is 2.04. The highest BCUT2D eigenvalue weighted by Gasteiger charge is 2.18. The second kappa shape index (κ2) is 6.82. The van der Waals surface area contributed by atoms with E-state index < -0.39 is 11.6 Å². The lowest BCUT2D eigenvalue weighted by molar-refractivity contribution is 0.270. The van der Waals surface area contributed by atoms with E-state index in [1.54, 1.807) is 6.20 Å². The Bertz CT molecular complexity index is 653. The lowest BCUT2D eigenvalue weighted by Crippen LogP contribution is -2.46. The monoisotopic (exact) mass is 320 g/mol. The molecule has 1 aliphatic rings. The maximum Gasteiger partial charge on any atom is 0.249 e. The van der Waals surface area contributed by atoms with Gasteiger partial charge in [0.05, 0.1) is 6.20 Å². The summed E-state index contributed by atoms with van der Waals surface area (Å²) in [6, 6.07) is 3.65. The van der Waals surface area contributed by atoms with Crippen LogP contribution >= 0.6 is 0 Å². The third-order valence-corrected chi connectivity index (χ3v) is 3.89. The van der Waals surface area contributed by atoms with Crippen LogP contribution in [0.2, 0.25) is 0 Å². The molecule has 23 heavy (non-hydrogen) atoms. The Morgan fingerprint density at radius 2 is 1.83 bits per heavy atom. The van der Waals surface area contributed by atoms with Gasteiger partial charge < -0.3 is 15.1 Å². The van der Waals surface area contributed by atoms with Crippen LogP contribution in [-0.2, 0) is 0 Å². The Labute approximate surface area is 133 Å². The highest BCUT2D eigenvalue weighted by molar-refractivity contribution is 5.56. The molecule has 122 valence electrons. The number of hydrogen-bond donors (Lipinski definition) is 1. The van der Waals surface area contributed by atoms with E-state index in [1.165, 1.54) is 18.2 Å². The molecule has 6 nitrogen and oxygen atoms in total. The molecule has 2 aromatic rings. The first-order valence-corrected chi connectivity index (χ1v) is 7.55. The van der Waals surface area contributed by atoms with Crippen LogP contribution in [0, 0.1) is 11.6 Å². The number of anilines is 3. The standard InChI is InChI=1S/C15H18F2N6/c1-2-22-6-8-23(9-7-22)13-10-18-21-15(19-13)20-14-11(16)4-3-5-12(14)17/h3-5,10H,2,6-9H2,1H3,(H,19,20,21). The number of halogens is 2. The van der Waals surface area contributed by atoms with E-state index in [2.05, 4.69) is 37.2 Å². The molecule has 1 N–H and O–H groups in total. The minimum absolute atomic E-state index is 0.0735. The molecule has 1 aliphatic heterocycles. The molecule has 1 fully saturated rings. The van der Waals surface area contributed by atoms with Gasteiger partial charge in [-0.05, 0) is 18.7 Å². The van der Waals surface area contributed by atoms with E-state index in [0.717, 1.165) is 32.7 Å². The quantitative estimate of drug-likeness (QED) is 0.930. The largest absolute Gasteiger partial charge is 0.353 e. The van der Waals surface area contributed by atoms with Crippen LogP contribution in [-0.4, -0.2) is 52.8 Å². The van der Waals surface area contributed by atoms with Crippen LogP contribution in [0.15, 0.2) is 24.4 Å². The lowest BCUT2D eigenvalue weighted by Gasteiger charge is -2.34. The zero-order valence-electron chi connectivity index (χ0n) is 12.8. The van der Waals surface area contributed by atoms with E-state index in [-0.39, 0.29) is 11.6 Å². The fourth-order valence-electron chi connectivity index (χ4n) is 2.52. The van der Waals surface area contributed by atoms with Gasteiger partial charge in [-0.1, -0.05) is 13.0 Å². The first-order valence-electron chi connectivity index (χ1n) is 7.55. The van der Waals surface area contributed by atoms with Crippen molar-refractivity contribution < 1.29 is 8.78 Å². The van der Waals surface area contributed by atoms with Gasteiger partial charge in [0.25, 0.3) is 0 Å². The Morgan fingerprint density at radius 3 is 2.48 bits per heavy atom. The number of nitrogens with one attached hydrogen (secondary N) is 1. The number of hydrogen-bond acceptors (Lipinski definition) is 6. The predicted molar refractivity (Wildman–Crippen MR) is 83.8 cm³/mol. The van der Waals surface area contributed by atoms with Crippen molar-refractivity contribution >= 4 is 17.5 Å². The molecule has 0 bridgehead atoms. The van der Waals surface area contributed by atoms with Crippen molar-refractivity contribution in [3.63, 3.8) is 0 Å². The maximum atomic E-state index is 13.7. The van der Waals surface area contributed by atoms with Crippen LogP contribution in [0.4, 0.5) is 26.2 Å². The summed E-state index contributed by atoms with van der Waals surface area (Å²) < 4.78 is 27.4. The molecular weight excluding hydrogens is 302 g/mol. The molecule has 0 atom stereocenters. The SMILES string of the molecule is CCN1CCN(c2cnnc(Nc3c(F)cccc3F)n2)CC1. The van der Waals surface area contributed by atoms with E-state index in [0.29, 0.717) is 5.82 Å². The van der Waals surface area contributed by atoms with Crippen molar-refractivity contribution in [3.05, 3.63) is 36.0 Å². The summed E-state index contributed by atoms with van der Waals surface area (Å²) in [5, 5.41) is 10.2. The van der Waals surface area contributed by atoms with Gasteiger partial charge in [0.2, 0.25) is 5.95 Å². The Balaban J connectivity index is 1.75. The molecule has 1 aromatic heterocycles. The molecule has 0 saturated carbocycles. The molecule has 2 heterocycles. The first kappa shape index (κ1) is 15.5. The average molecular weight is 320 g/mol. The minimum atomic E-state index is -0.699. The summed E-state index contributed by atoms with van der Waals surface area (Å²) in [5.74, 6) is -0.675. The summed E-state index contributed by atoms with van der Waals surface area (Å²) in [6.45, 7) is 6.72. The highest BCUT2D eigenvalue weighted by Crippen LogP contribution is 2.22. The summed E-state index contributed by atoms with van der Waals surface area (Å²) in [6.07, 6.45) is 1.56. The number of likely N-dealkylation sites (N-methyl/N-ethyl adjacent to an activating group) is 1. The minimum Gasteiger partial charge on any atom is -0.353 e. The van der Waals surface area contributed by atoms with Gasteiger partial charge in [0.15, 0.2) is 5.82 Å². The van der Waals surface area contributed by atoms with Crippen LogP contribution in [0.25, 0.3) is 0 Å². The summed E-state index contributed by atoms with van der Waals surface area (Å²) in [7, 11) is 0. The second-order valence-corrected chi connectivity index (χ2v) is 5.28. The van der Waals surface area contributed by atoms with Gasteiger partial charge in [-0.3, -0.25) is 0 Å². The molecule has 0 radical (unpaired) electrons. The Morgan fingerprint density at radius 1 is 1.13 bits per heavy atom. The smallest absolute Gasteiger partial charge is 0.249 e. The fraction of sp³-hybridized carbons (Fsp3) is 0.400. The molecule has 3 rings (SSSR count). The number of nitrogens with zero attached hydrogens (tertiary/aromatic N) is 5. The zero-order chi connectivity index (χ0) is 16.2. The van der Waals surface area contributed by atoms with Crippen molar-refractivity contribution in [2.24, 2.45) is 0 Å². The first-order chi connectivity index (χ1) is 11.2. The summed E-state index contributed by atoms with van der Waals surface area (Å²) in [5.41, 5.74) is -0.276. The van der Waals surface area contributed by atoms with E-state index >= 15 is 0 Å². The molecular formula is C15H18F2N6. The number of aromatic nitrogens is 3. The van der Waals surface area contributed by atoms with Crippen LogP contribution in [0.5, 0.6) is 0 Å². The summed E-state index contributed by atoms with van der Waals surface area (Å²) >= 11 is 0. The molecule has 1 aromatic carbocycles. The molecule has 0 spiro atoms. The molecule has 0 amide bonds. The Hall–Kier alpha value is -2.35. The highest BCUT2D eigenvalue weighted by atomic mass is 19.1. The van der Waals surface area contributed by atoms with Gasteiger partial charge in [-0.15, -0.1) is 5.10 Å². The van der Waals surface area contributed by atoms with Crippen LogP contribution < -0.4 is 10.2 Å². The van der Waals surface area contributed by atoms with Gasteiger partial charge >= 0.3 is 0 Å². The van der Waals surface area contributed by atoms with E-state index in [4.69, 9.17) is 0 Å². The third-order valence-electron chi connectivity index (χ3n) is 3.89. The number of rotatable bonds is 4. The van der Waals surface area contributed by atoms with Crippen LogP contribution in [0.3, 0.4) is 0 Å². The molecule has 8 heteroatoms. The van der Waals surface area contributed by atoms with Gasteiger partial charge in [0.1, 0.15) is 17.3 Å². The van der Waals surface area contributed by atoms with Crippen molar-refractivity contribution in [1.82, 2.24) is 20.1 Å². The lowest BCUT2D eigenvalue weighted by atomic mass is 10.3. The number of para-hydroxylation sites is 1. The second-order valence-electron chi connectivity index (χ2n) is 5.28. The van der Waals surface area contributed by atoms with E-state index in [9.17, 15) is 8.78 Å². The normalized spacial score (nSPS) is 15.7.